The Hall–Kier alpha value is -5.42. The fourth-order valence-corrected chi connectivity index (χ4v) is 6.21. The van der Waals surface area contributed by atoms with Crippen molar-refractivity contribution in [2.75, 3.05) is 54.8 Å². The minimum Gasteiger partial charge on any atom is -0.444 e. The number of carbonyl (C=O) groups is 4. The maximum Gasteiger partial charge on any atom is 0.415 e. The van der Waals surface area contributed by atoms with E-state index >= 15 is 0 Å². The molecule has 6 rings (SSSR count). The lowest BCUT2D eigenvalue weighted by molar-refractivity contribution is -0.389. The number of hydrogen-bond acceptors (Lipinski definition) is 13. The molecule has 0 bridgehead atoms. The lowest BCUT2D eigenvalue weighted by Crippen LogP contribution is -2.49. The Morgan fingerprint density at radius 2 is 1.15 bits per heavy atom. The Morgan fingerprint density at radius 3 is 1.48 bits per heavy atom. The van der Waals surface area contributed by atoms with Crippen LogP contribution in [0.1, 0.15) is 67.2 Å². The average molecular weight is 727 g/mol. The number of nitrogens with zero attached hydrogens (tertiary/aromatic N) is 7. The molecule has 6 heterocycles. The van der Waals surface area contributed by atoms with Gasteiger partial charge in [0.15, 0.2) is 6.20 Å². The van der Waals surface area contributed by atoms with E-state index in [1.165, 1.54) is 23.2 Å². The van der Waals surface area contributed by atoms with Crippen LogP contribution in [-0.4, -0.2) is 111 Å². The van der Waals surface area contributed by atoms with E-state index in [1.54, 1.807) is 33.0 Å². The number of likely N-dealkylation sites (tertiary alicyclic amines) is 2. The van der Waals surface area contributed by atoms with Gasteiger partial charge in [-0.2, -0.15) is 0 Å². The SMILES string of the molecule is CC(C)(C)OC(=O)N1CCC2(CC1)CN(c1ccc(N)nc1)C(=O)O2.CC(C)(C)OC(=O)N1CCC2(CC1)CN(c1ccc([N+](=O)[O-])nc1)C(=O)O2. The molecule has 0 unspecified atom stereocenters. The van der Waals surface area contributed by atoms with Gasteiger partial charge in [-0.1, -0.05) is 0 Å². The van der Waals surface area contributed by atoms with Crippen LogP contribution in [-0.2, 0) is 18.9 Å². The standard InChI is InChI=1S/C17H22N4O6.C17H24N4O4/c1-16(2,3)26-14(22)19-8-6-17(7-9-19)11-20(15(23)27-17)12-4-5-13(18-10-12)21(24)25;1-16(2,3)24-14(22)20-8-6-17(7-9-20)11-21(15(23)25-17)12-4-5-13(18)19-10-12/h4-5,10H,6-9,11H2,1-3H3;4-5,10H,6-9,11H2,1-3H3,(H2,18,19). The van der Waals surface area contributed by atoms with Crippen LogP contribution in [0.3, 0.4) is 0 Å². The van der Waals surface area contributed by atoms with E-state index in [4.69, 9.17) is 24.7 Å². The maximum absolute atomic E-state index is 12.3. The smallest absolute Gasteiger partial charge is 0.415 e. The van der Waals surface area contributed by atoms with Crippen LogP contribution in [0.4, 0.5) is 42.2 Å². The van der Waals surface area contributed by atoms with Crippen LogP contribution in [0.2, 0.25) is 0 Å². The minimum atomic E-state index is -0.683. The molecule has 0 aliphatic carbocycles. The molecule has 0 aromatic carbocycles. The lowest BCUT2D eigenvalue weighted by atomic mass is 9.91. The van der Waals surface area contributed by atoms with Crippen LogP contribution < -0.4 is 15.5 Å². The second-order valence-electron chi connectivity index (χ2n) is 15.3. The average Bonchev–Trinajstić information content (AvgIpc) is 3.55. The highest BCUT2D eigenvalue weighted by atomic mass is 16.6. The molecule has 2 N–H and O–H groups in total. The summed E-state index contributed by atoms with van der Waals surface area (Å²) in [4.78, 5) is 73.1. The van der Waals surface area contributed by atoms with Gasteiger partial charge in [0.2, 0.25) is 0 Å². The third kappa shape index (κ3) is 9.08. The quantitative estimate of drug-likeness (QED) is 0.248. The third-order valence-corrected chi connectivity index (χ3v) is 8.91. The highest BCUT2D eigenvalue weighted by Crippen LogP contribution is 2.37. The van der Waals surface area contributed by atoms with Gasteiger partial charge in [-0.25, -0.2) is 24.2 Å². The number of hydrogen-bond donors (Lipinski definition) is 1. The van der Waals surface area contributed by atoms with E-state index in [2.05, 4.69) is 9.97 Å². The van der Waals surface area contributed by atoms with Crippen LogP contribution in [0, 0.1) is 10.1 Å². The number of nitrogen functional groups attached to an aromatic ring is 1. The van der Waals surface area contributed by atoms with E-state index < -0.39 is 39.5 Å². The van der Waals surface area contributed by atoms with Crippen molar-refractivity contribution in [2.45, 2.75) is 89.6 Å². The van der Waals surface area contributed by atoms with Crippen LogP contribution in [0.15, 0.2) is 36.7 Å². The number of aromatic nitrogens is 2. The first-order valence-electron chi connectivity index (χ1n) is 17.0. The maximum atomic E-state index is 12.3. The van der Waals surface area contributed by atoms with E-state index in [1.807, 2.05) is 41.5 Å². The number of amides is 4. The zero-order valence-corrected chi connectivity index (χ0v) is 30.3. The molecule has 4 amide bonds. The van der Waals surface area contributed by atoms with E-state index in [0.717, 1.165) is 0 Å². The summed E-state index contributed by atoms with van der Waals surface area (Å²) in [7, 11) is 0. The molecular formula is C34H46N8O10. The number of nitrogens with two attached hydrogens (primary N) is 1. The second kappa shape index (κ2) is 14.3. The Kier molecular flexibility index (Phi) is 10.4. The van der Waals surface area contributed by atoms with Gasteiger partial charge in [-0.05, 0) is 69.6 Å². The Bertz CT molecular complexity index is 1660. The highest BCUT2D eigenvalue weighted by Gasteiger charge is 2.50. The van der Waals surface area contributed by atoms with Crippen molar-refractivity contribution in [3.8, 4) is 0 Å². The van der Waals surface area contributed by atoms with Gasteiger partial charge in [0.25, 0.3) is 0 Å². The fourth-order valence-electron chi connectivity index (χ4n) is 6.21. The number of rotatable bonds is 3. The Labute approximate surface area is 301 Å². The molecule has 0 atom stereocenters. The lowest BCUT2D eigenvalue weighted by Gasteiger charge is -2.37. The van der Waals surface area contributed by atoms with Crippen molar-refractivity contribution in [3.05, 3.63) is 46.8 Å². The van der Waals surface area contributed by atoms with Gasteiger partial charge < -0.3 is 44.6 Å². The highest BCUT2D eigenvalue weighted by molar-refractivity contribution is 5.91. The molecule has 4 aliphatic heterocycles. The molecule has 52 heavy (non-hydrogen) atoms. The molecule has 2 spiro atoms. The molecule has 18 nitrogen and oxygen atoms in total. The van der Waals surface area contributed by atoms with Gasteiger partial charge in [-0.3, -0.25) is 9.80 Å². The first kappa shape index (κ1) is 37.8. The summed E-state index contributed by atoms with van der Waals surface area (Å²) in [6.45, 7) is 13.6. The number of carbonyl (C=O) groups excluding carboxylic acids is 4. The van der Waals surface area contributed by atoms with Crippen LogP contribution in [0.5, 0.6) is 0 Å². The molecule has 0 saturated carbocycles. The van der Waals surface area contributed by atoms with Gasteiger partial charge in [0.05, 0.1) is 30.7 Å². The normalized spacial score (nSPS) is 19.5. The summed E-state index contributed by atoms with van der Waals surface area (Å²) in [6.07, 6.45) is 3.38. The number of nitro groups is 1. The third-order valence-electron chi connectivity index (χ3n) is 8.91. The Balaban J connectivity index is 0.000000202. The van der Waals surface area contributed by atoms with Crippen LogP contribution in [0.25, 0.3) is 0 Å². The molecule has 4 fully saturated rings. The number of pyridine rings is 2. The molecule has 4 saturated heterocycles. The molecule has 18 heteroatoms. The Morgan fingerprint density at radius 1 is 0.750 bits per heavy atom. The van der Waals surface area contributed by atoms with Gasteiger partial charge in [0.1, 0.15) is 28.2 Å². The summed E-state index contributed by atoms with van der Waals surface area (Å²) in [5.41, 5.74) is 4.35. The number of anilines is 3. The first-order chi connectivity index (χ1) is 24.3. The zero-order chi connectivity index (χ0) is 38.1. The van der Waals surface area contributed by atoms with Crippen molar-refractivity contribution < 1.29 is 43.0 Å². The molecule has 282 valence electrons. The first-order valence-corrected chi connectivity index (χ1v) is 17.0. The van der Waals surface area contributed by atoms with Crippen molar-refractivity contribution >= 4 is 47.4 Å². The molecule has 4 aliphatic rings. The van der Waals surface area contributed by atoms with Crippen molar-refractivity contribution in [2.24, 2.45) is 0 Å². The van der Waals surface area contributed by atoms with Crippen molar-refractivity contribution in [1.29, 1.82) is 0 Å². The second-order valence-corrected chi connectivity index (χ2v) is 15.3. The van der Waals surface area contributed by atoms with Crippen molar-refractivity contribution in [3.63, 3.8) is 0 Å². The van der Waals surface area contributed by atoms with Gasteiger partial charge >= 0.3 is 30.2 Å². The van der Waals surface area contributed by atoms with E-state index in [-0.39, 0.29) is 18.0 Å². The minimum absolute atomic E-state index is 0.285. The molecule has 2 aromatic heterocycles. The zero-order valence-electron chi connectivity index (χ0n) is 30.3. The van der Waals surface area contributed by atoms with Crippen LogP contribution >= 0.6 is 0 Å². The summed E-state index contributed by atoms with van der Waals surface area (Å²) in [5, 5.41) is 10.7. The monoisotopic (exact) mass is 726 g/mol. The summed E-state index contributed by atoms with van der Waals surface area (Å²) in [6, 6.07) is 6.12. The number of ether oxygens (including phenoxy) is 4. The van der Waals surface area contributed by atoms with E-state index in [0.29, 0.717) is 82.1 Å². The van der Waals surface area contributed by atoms with Gasteiger partial charge in [-0.15, -0.1) is 0 Å². The summed E-state index contributed by atoms with van der Waals surface area (Å²) >= 11 is 0. The molecule has 0 radical (unpaired) electrons. The van der Waals surface area contributed by atoms with Gasteiger partial charge in [0, 0.05) is 57.9 Å². The molecule has 2 aromatic rings. The summed E-state index contributed by atoms with van der Waals surface area (Å²) < 4.78 is 22.1. The van der Waals surface area contributed by atoms with E-state index in [9.17, 15) is 29.3 Å². The molecular weight excluding hydrogens is 680 g/mol. The predicted molar refractivity (Wildman–Crippen MR) is 187 cm³/mol. The largest absolute Gasteiger partial charge is 0.444 e. The summed E-state index contributed by atoms with van der Waals surface area (Å²) in [5.74, 6) is 0.114. The topological polar surface area (TPSA) is 213 Å². The van der Waals surface area contributed by atoms with Crippen molar-refractivity contribution in [1.82, 2.24) is 19.8 Å². The number of piperidine rings is 2. The fraction of sp³-hybridized carbons (Fsp3) is 0.588. The predicted octanol–water partition coefficient (Wildman–Crippen LogP) is 5.11.